The lowest BCUT2D eigenvalue weighted by Gasteiger charge is -2.17. The van der Waals surface area contributed by atoms with Crippen molar-refractivity contribution < 1.29 is 17.9 Å². The molecule has 2 aromatic rings. The van der Waals surface area contributed by atoms with E-state index in [9.17, 15) is 18.4 Å². The Morgan fingerprint density at radius 3 is 2.29 bits per heavy atom. The van der Waals surface area contributed by atoms with Crippen LogP contribution in [-0.4, -0.2) is 16.9 Å². The Kier molecular flexibility index (Phi) is 4.95. The zero-order valence-electron chi connectivity index (χ0n) is 13.3. The first-order valence-electron chi connectivity index (χ1n) is 6.98. The number of benzene rings is 1. The van der Waals surface area contributed by atoms with Crippen molar-refractivity contribution in [3.05, 3.63) is 45.7 Å². The standard InChI is InChI=1S/C16H15BrF3N3O/c1-15(2,9-21)12-13(16(18,19)20)22-23(14(12)17)8-10-4-6-11(24-3)7-5-10/h4-7H,8H2,1-3H3. The molecule has 24 heavy (non-hydrogen) atoms. The fourth-order valence-corrected chi connectivity index (χ4v) is 3.15. The molecule has 128 valence electrons. The average Bonchev–Trinajstić information content (AvgIpc) is 2.86. The molecular weight excluding hydrogens is 387 g/mol. The number of nitrogens with zero attached hydrogens (tertiary/aromatic N) is 3. The molecule has 0 bridgehead atoms. The normalized spacial score (nSPS) is 12.1. The van der Waals surface area contributed by atoms with Gasteiger partial charge in [0.25, 0.3) is 0 Å². The third kappa shape index (κ3) is 3.56. The molecule has 1 heterocycles. The van der Waals surface area contributed by atoms with Crippen LogP contribution in [-0.2, 0) is 18.1 Å². The predicted octanol–water partition coefficient (Wildman–Crippen LogP) is 4.52. The summed E-state index contributed by atoms with van der Waals surface area (Å²) >= 11 is 3.18. The van der Waals surface area contributed by atoms with Crippen molar-refractivity contribution >= 4 is 15.9 Å². The molecule has 0 amide bonds. The van der Waals surface area contributed by atoms with Gasteiger partial charge in [0.15, 0.2) is 5.69 Å². The molecule has 4 nitrogen and oxygen atoms in total. The van der Waals surface area contributed by atoms with E-state index in [1.165, 1.54) is 25.6 Å². The van der Waals surface area contributed by atoms with Crippen molar-refractivity contribution in [2.45, 2.75) is 32.0 Å². The largest absolute Gasteiger partial charge is 0.497 e. The summed E-state index contributed by atoms with van der Waals surface area (Å²) in [4.78, 5) is 0. The van der Waals surface area contributed by atoms with E-state index >= 15 is 0 Å². The number of halogens is 4. The Morgan fingerprint density at radius 1 is 1.25 bits per heavy atom. The van der Waals surface area contributed by atoms with Gasteiger partial charge in [0.05, 0.1) is 25.1 Å². The fourth-order valence-electron chi connectivity index (χ4n) is 2.26. The maximum absolute atomic E-state index is 13.3. The van der Waals surface area contributed by atoms with Crippen LogP contribution in [0.25, 0.3) is 0 Å². The van der Waals surface area contributed by atoms with Crippen LogP contribution in [0.15, 0.2) is 28.9 Å². The Balaban J connectivity index is 2.50. The lowest BCUT2D eigenvalue weighted by atomic mass is 9.86. The highest BCUT2D eigenvalue weighted by molar-refractivity contribution is 9.10. The van der Waals surface area contributed by atoms with Crippen LogP contribution >= 0.6 is 15.9 Å². The molecule has 0 spiro atoms. The summed E-state index contributed by atoms with van der Waals surface area (Å²) in [6.45, 7) is 3.00. The third-order valence-corrected chi connectivity index (χ3v) is 4.36. The molecule has 1 aromatic heterocycles. The van der Waals surface area contributed by atoms with Gasteiger partial charge in [-0.3, -0.25) is 4.68 Å². The first kappa shape index (κ1) is 18.3. The summed E-state index contributed by atoms with van der Waals surface area (Å²) < 4.78 is 46.4. The second-order valence-corrected chi connectivity index (χ2v) is 6.51. The number of alkyl halides is 3. The highest BCUT2D eigenvalue weighted by atomic mass is 79.9. The number of methoxy groups -OCH3 is 1. The van der Waals surface area contributed by atoms with Crippen LogP contribution < -0.4 is 4.74 Å². The minimum Gasteiger partial charge on any atom is -0.497 e. The second-order valence-electron chi connectivity index (χ2n) is 5.75. The van der Waals surface area contributed by atoms with Crippen molar-refractivity contribution in [2.24, 2.45) is 0 Å². The summed E-state index contributed by atoms with van der Waals surface area (Å²) in [6.07, 6.45) is -4.64. The zero-order chi connectivity index (χ0) is 18.1. The van der Waals surface area contributed by atoms with Crippen LogP contribution in [0.2, 0.25) is 0 Å². The zero-order valence-corrected chi connectivity index (χ0v) is 14.9. The number of hydrogen-bond donors (Lipinski definition) is 0. The van der Waals surface area contributed by atoms with Gasteiger partial charge in [-0.1, -0.05) is 12.1 Å². The van der Waals surface area contributed by atoms with E-state index in [1.807, 2.05) is 6.07 Å². The van der Waals surface area contributed by atoms with Crippen molar-refractivity contribution in [1.29, 1.82) is 5.26 Å². The van der Waals surface area contributed by atoms with E-state index in [1.54, 1.807) is 24.3 Å². The third-order valence-electron chi connectivity index (χ3n) is 3.55. The number of aromatic nitrogens is 2. The van der Waals surface area contributed by atoms with Crippen molar-refractivity contribution in [3.63, 3.8) is 0 Å². The molecular formula is C16H15BrF3N3O. The van der Waals surface area contributed by atoms with E-state index in [2.05, 4.69) is 21.0 Å². The van der Waals surface area contributed by atoms with E-state index in [0.717, 1.165) is 5.56 Å². The van der Waals surface area contributed by atoms with Crippen LogP contribution in [0.4, 0.5) is 13.2 Å². The van der Waals surface area contributed by atoms with E-state index in [-0.39, 0.29) is 16.7 Å². The van der Waals surface area contributed by atoms with Gasteiger partial charge in [-0.05, 0) is 47.5 Å². The molecule has 0 saturated carbocycles. The van der Waals surface area contributed by atoms with Crippen LogP contribution in [0.5, 0.6) is 5.75 Å². The summed E-state index contributed by atoms with van der Waals surface area (Å²) in [5, 5.41) is 12.9. The van der Waals surface area contributed by atoms with Gasteiger partial charge in [0.1, 0.15) is 10.4 Å². The van der Waals surface area contributed by atoms with Crippen molar-refractivity contribution in [1.82, 2.24) is 9.78 Å². The van der Waals surface area contributed by atoms with Gasteiger partial charge in [-0.25, -0.2) is 0 Å². The average molecular weight is 402 g/mol. The molecule has 0 aliphatic rings. The van der Waals surface area contributed by atoms with Gasteiger partial charge < -0.3 is 4.74 Å². The summed E-state index contributed by atoms with van der Waals surface area (Å²) in [5.41, 5.74) is -1.78. The lowest BCUT2D eigenvalue weighted by Crippen LogP contribution is -2.20. The number of rotatable bonds is 4. The minimum absolute atomic E-state index is 0.134. The molecule has 0 aliphatic heterocycles. The molecule has 0 fully saturated rings. The topological polar surface area (TPSA) is 50.8 Å². The molecule has 2 rings (SSSR count). The Labute approximate surface area is 146 Å². The number of nitriles is 1. The SMILES string of the molecule is COc1ccc(Cn2nc(C(F)(F)F)c(C(C)(C)C#N)c2Br)cc1. The van der Waals surface area contributed by atoms with Gasteiger partial charge in [0.2, 0.25) is 0 Å². The highest BCUT2D eigenvalue weighted by Gasteiger charge is 2.43. The minimum atomic E-state index is -4.64. The van der Waals surface area contributed by atoms with Crippen molar-refractivity contribution in [2.75, 3.05) is 7.11 Å². The first-order chi connectivity index (χ1) is 11.1. The molecule has 0 unspecified atom stereocenters. The van der Waals surface area contributed by atoms with Gasteiger partial charge >= 0.3 is 6.18 Å². The van der Waals surface area contributed by atoms with E-state index in [0.29, 0.717) is 5.75 Å². The smallest absolute Gasteiger partial charge is 0.435 e. The molecule has 8 heteroatoms. The van der Waals surface area contributed by atoms with Gasteiger partial charge in [-0.15, -0.1) is 0 Å². The monoisotopic (exact) mass is 401 g/mol. The highest BCUT2D eigenvalue weighted by Crippen LogP contribution is 2.41. The summed E-state index contributed by atoms with van der Waals surface area (Å²) in [7, 11) is 1.53. The van der Waals surface area contributed by atoms with Gasteiger partial charge in [-0.2, -0.15) is 23.5 Å². The summed E-state index contributed by atoms with van der Waals surface area (Å²) in [6, 6.07) is 8.83. The van der Waals surface area contributed by atoms with E-state index < -0.39 is 17.3 Å². The predicted molar refractivity (Wildman–Crippen MR) is 85.7 cm³/mol. The Morgan fingerprint density at radius 2 is 1.83 bits per heavy atom. The van der Waals surface area contributed by atoms with Crippen LogP contribution in [0.3, 0.4) is 0 Å². The fraction of sp³-hybridized carbons (Fsp3) is 0.375. The van der Waals surface area contributed by atoms with Crippen LogP contribution in [0.1, 0.15) is 30.7 Å². The molecule has 0 atom stereocenters. The summed E-state index contributed by atoms with van der Waals surface area (Å²) in [5.74, 6) is 0.653. The van der Waals surface area contributed by atoms with Crippen molar-refractivity contribution in [3.8, 4) is 11.8 Å². The maximum Gasteiger partial charge on any atom is 0.435 e. The van der Waals surface area contributed by atoms with Crippen LogP contribution in [0, 0.1) is 11.3 Å². The molecule has 0 radical (unpaired) electrons. The molecule has 1 aromatic carbocycles. The lowest BCUT2D eigenvalue weighted by molar-refractivity contribution is -0.142. The van der Waals surface area contributed by atoms with Gasteiger partial charge in [0, 0.05) is 5.56 Å². The Hall–Kier alpha value is -2.01. The second kappa shape index (κ2) is 6.48. The molecule has 0 N–H and O–H groups in total. The number of ether oxygens (including phenoxy) is 1. The quantitative estimate of drug-likeness (QED) is 0.756. The maximum atomic E-state index is 13.3. The van der Waals surface area contributed by atoms with E-state index in [4.69, 9.17) is 4.74 Å². The Bertz CT molecular complexity index is 774. The molecule has 0 aliphatic carbocycles. The number of hydrogen-bond acceptors (Lipinski definition) is 3. The first-order valence-corrected chi connectivity index (χ1v) is 7.77. The molecule has 0 saturated heterocycles.